The minimum Gasteiger partial charge on any atom is -0.309 e. The van der Waals surface area contributed by atoms with Gasteiger partial charge in [-0.2, -0.15) is 0 Å². The van der Waals surface area contributed by atoms with Crippen molar-refractivity contribution in [3.63, 3.8) is 0 Å². The first-order chi connectivity index (χ1) is 11.6. The molecule has 0 saturated heterocycles. The van der Waals surface area contributed by atoms with E-state index in [-0.39, 0.29) is 17.6 Å². The fourth-order valence-electron chi connectivity index (χ4n) is 3.90. The monoisotopic (exact) mass is 328 g/mol. The van der Waals surface area contributed by atoms with Crippen molar-refractivity contribution in [3.8, 4) is 0 Å². The van der Waals surface area contributed by atoms with Crippen LogP contribution < -0.4 is 4.90 Å². The second-order valence-electron chi connectivity index (χ2n) is 6.84. The third kappa shape index (κ3) is 2.32. The zero-order chi connectivity index (χ0) is 16.8. The van der Waals surface area contributed by atoms with Crippen LogP contribution in [0.15, 0.2) is 12.1 Å². The average Bonchev–Trinajstić information content (AvgIpc) is 2.98. The molecule has 1 aliphatic carbocycles. The molecule has 1 aromatic carbocycles. The van der Waals surface area contributed by atoms with Gasteiger partial charge in [0.05, 0.1) is 17.1 Å². The van der Waals surface area contributed by atoms with Crippen molar-refractivity contribution in [2.45, 2.75) is 39.0 Å². The zero-order valence-corrected chi connectivity index (χ0v) is 14.0. The second kappa shape index (κ2) is 5.69. The Morgan fingerprint density at radius 2 is 2.17 bits per heavy atom. The Morgan fingerprint density at radius 3 is 3.00 bits per heavy atom. The maximum atomic E-state index is 14.7. The fourth-order valence-corrected chi connectivity index (χ4v) is 3.90. The molecule has 126 valence electrons. The van der Waals surface area contributed by atoms with E-state index in [4.69, 9.17) is 0 Å². The summed E-state index contributed by atoms with van der Waals surface area (Å²) in [4.78, 5) is 14.8. The van der Waals surface area contributed by atoms with Gasteiger partial charge in [0.2, 0.25) is 5.91 Å². The van der Waals surface area contributed by atoms with Crippen molar-refractivity contribution in [3.05, 3.63) is 40.5 Å². The number of anilines is 1. The molecular weight excluding hydrogens is 307 g/mol. The Morgan fingerprint density at radius 1 is 1.33 bits per heavy atom. The van der Waals surface area contributed by atoms with Gasteiger partial charge >= 0.3 is 0 Å². The number of aryl methyl sites for hydroxylation is 4. The number of aromatic nitrogens is 3. The molecule has 5 nitrogen and oxygen atoms in total. The van der Waals surface area contributed by atoms with Crippen LogP contribution in [0.25, 0.3) is 0 Å². The van der Waals surface area contributed by atoms with E-state index < -0.39 is 0 Å². The number of halogens is 1. The summed E-state index contributed by atoms with van der Waals surface area (Å²) in [6.45, 7) is 2.35. The fraction of sp³-hybridized carbons (Fsp3) is 0.500. The minimum absolute atomic E-state index is 0.0345. The molecule has 2 aromatic rings. The number of amides is 1. The number of nitrogens with zero attached hydrogens (tertiary/aromatic N) is 4. The quantitative estimate of drug-likeness (QED) is 0.807. The van der Waals surface area contributed by atoms with Gasteiger partial charge in [-0.3, -0.25) is 9.48 Å². The number of benzene rings is 1. The van der Waals surface area contributed by atoms with Crippen LogP contribution in [0.2, 0.25) is 0 Å². The van der Waals surface area contributed by atoms with E-state index in [1.807, 2.05) is 13.1 Å². The van der Waals surface area contributed by atoms with Crippen LogP contribution in [0.4, 0.5) is 10.1 Å². The lowest BCUT2D eigenvalue weighted by Crippen LogP contribution is -2.42. The van der Waals surface area contributed by atoms with Gasteiger partial charge in [-0.15, -0.1) is 5.10 Å². The summed E-state index contributed by atoms with van der Waals surface area (Å²) in [6, 6.07) is 3.76. The van der Waals surface area contributed by atoms with E-state index in [0.717, 1.165) is 42.6 Å². The topological polar surface area (TPSA) is 51.0 Å². The van der Waals surface area contributed by atoms with Crippen LogP contribution >= 0.6 is 0 Å². The Hall–Kier alpha value is -2.24. The Bertz CT molecular complexity index is 814. The Kier molecular flexibility index (Phi) is 3.62. The molecule has 24 heavy (non-hydrogen) atoms. The molecule has 6 heteroatoms. The number of carbonyl (C=O) groups excluding carboxylic acids is 1. The van der Waals surface area contributed by atoms with Crippen LogP contribution in [0.1, 0.15) is 35.4 Å². The molecule has 2 heterocycles. The summed E-state index contributed by atoms with van der Waals surface area (Å²) in [5, 5.41) is 8.20. The van der Waals surface area contributed by atoms with Gasteiger partial charge in [0.1, 0.15) is 5.82 Å². The molecule has 1 amide bonds. The first kappa shape index (κ1) is 15.3. The molecule has 0 spiro atoms. The predicted octanol–water partition coefficient (Wildman–Crippen LogP) is 2.35. The van der Waals surface area contributed by atoms with E-state index in [1.165, 1.54) is 0 Å². The third-order valence-electron chi connectivity index (χ3n) is 5.30. The summed E-state index contributed by atoms with van der Waals surface area (Å²) in [5.74, 6) is -0.341. The van der Waals surface area contributed by atoms with Crippen LogP contribution in [-0.2, 0) is 31.1 Å². The molecule has 0 fully saturated rings. The summed E-state index contributed by atoms with van der Waals surface area (Å²) in [5.41, 5.74) is 4.05. The summed E-state index contributed by atoms with van der Waals surface area (Å²) in [7, 11) is 1.86. The number of fused-ring (bicyclic) bond motifs is 2. The first-order valence-corrected chi connectivity index (χ1v) is 8.53. The molecule has 0 N–H and O–H groups in total. The SMILES string of the molecule is Cc1ccc2c(c1F)N(C(=O)C1CCc3nnn(C)c3C1)CCC2. The number of hydrogen-bond donors (Lipinski definition) is 0. The van der Waals surface area contributed by atoms with E-state index in [0.29, 0.717) is 24.2 Å². The molecule has 1 aromatic heterocycles. The largest absolute Gasteiger partial charge is 0.309 e. The maximum Gasteiger partial charge on any atom is 0.230 e. The van der Waals surface area contributed by atoms with Gasteiger partial charge in [0.25, 0.3) is 0 Å². The number of rotatable bonds is 1. The van der Waals surface area contributed by atoms with E-state index in [9.17, 15) is 9.18 Å². The van der Waals surface area contributed by atoms with Crippen molar-refractivity contribution < 1.29 is 9.18 Å². The lowest BCUT2D eigenvalue weighted by Gasteiger charge is -2.34. The van der Waals surface area contributed by atoms with Crippen LogP contribution in [-0.4, -0.2) is 27.4 Å². The summed E-state index contributed by atoms with van der Waals surface area (Å²) >= 11 is 0. The highest BCUT2D eigenvalue weighted by Gasteiger charge is 2.34. The van der Waals surface area contributed by atoms with Gasteiger partial charge in [-0.1, -0.05) is 17.3 Å². The molecule has 0 radical (unpaired) electrons. The predicted molar refractivity (Wildman–Crippen MR) is 88.3 cm³/mol. The minimum atomic E-state index is -0.251. The Labute approximate surface area is 140 Å². The first-order valence-electron chi connectivity index (χ1n) is 8.53. The van der Waals surface area contributed by atoms with Crippen LogP contribution in [0.3, 0.4) is 0 Å². The van der Waals surface area contributed by atoms with Gasteiger partial charge in [-0.25, -0.2) is 4.39 Å². The van der Waals surface area contributed by atoms with E-state index in [1.54, 1.807) is 22.6 Å². The highest BCUT2D eigenvalue weighted by molar-refractivity contribution is 5.96. The van der Waals surface area contributed by atoms with Crippen molar-refractivity contribution in [2.24, 2.45) is 13.0 Å². The smallest absolute Gasteiger partial charge is 0.230 e. The Balaban J connectivity index is 1.65. The third-order valence-corrected chi connectivity index (χ3v) is 5.30. The van der Waals surface area contributed by atoms with Gasteiger partial charge in [-0.05, 0) is 43.7 Å². The van der Waals surface area contributed by atoms with Gasteiger partial charge in [0, 0.05) is 25.9 Å². The van der Waals surface area contributed by atoms with Crippen molar-refractivity contribution in [2.75, 3.05) is 11.4 Å². The van der Waals surface area contributed by atoms with E-state index in [2.05, 4.69) is 10.3 Å². The molecule has 0 bridgehead atoms. The second-order valence-corrected chi connectivity index (χ2v) is 6.84. The molecule has 0 saturated carbocycles. The van der Waals surface area contributed by atoms with Crippen molar-refractivity contribution in [1.29, 1.82) is 0 Å². The lowest BCUT2D eigenvalue weighted by molar-refractivity contribution is -0.122. The molecule has 1 unspecified atom stereocenters. The molecule has 1 atom stereocenters. The number of carbonyl (C=O) groups is 1. The van der Waals surface area contributed by atoms with Gasteiger partial charge in [0.15, 0.2) is 0 Å². The van der Waals surface area contributed by atoms with Crippen molar-refractivity contribution >= 4 is 11.6 Å². The standard InChI is InChI=1S/C18H21FN4O/c1-11-5-6-12-4-3-9-23(17(12)16(11)19)18(24)13-7-8-14-15(10-13)22(2)21-20-14/h5-6,13H,3-4,7-10H2,1-2H3. The molecular formula is C18H21FN4O. The molecule has 1 aliphatic heterocycles. The molecule has 2 aliphatic rings. The van der Waals surface area contributed by atoms with E-state index >= 15 is 0 Å². The lowest BCUT2D eigenvalue weighted by atomic mass is 9.87. The summed E-state index contributed by atoms with van der Waals surface area (Å²) in [6.07, 6.45) is 3.86. The maximum absolute atomic E-state index is 14.7. The normalized spacial score (nSPS) is 19.8. The van der Waals surface area contributed by atoms with Crippen LogP contribution in [0, 0.1) is 18.7 Å². The molecule has 4 rings (SSSR count). The highest BCUT2D eigenvalue weighted by Crippen LogP contribution is 2.34. The van der Waals surface area contributed by atoms with Crippen molar-refractivity contribution in [1.82, 2.24) is 15.0 Å². The summed E-state index contributed by atoms with van der Waals surface area (Å²) < 4.78 is 16.5. The van der Waals surface area contributed by atoms with Crippen LogP contribution in [0.5, 0.6) is 0 Å². The average molecular weight is 328 g/mol. The van der Waals surface area contributed by atoms with Gasteiger partial charge < -0.3 is 4.90 Å². The number of hydrogen-bond acceptors (Lipinski definition) is 3. The highest BCUT2D eigenvalue weighted by atomic mass is 19.1. The zero-order valence-electron chi connectivity index (χ0n) is 14.0.